The van der Waals surface area contributed by atoms with Crippen LogP contribution >= 0.6 is 0 Å². The molecule has 64 heavy (non-hydrogen) atoms. The molecule has 0 aromatic rings. The molecule has 3 saturated heterocycles. The molecule has 3 fully saturated rings. The summed E-state index contributed by atoms with van der Waals surface area (Å²) in [7, 11) is 0. The van der Waals surface area contributed by atoms with E-state index >= 15 is 0 Å². The van der Waals surface area contributed by atoms with Crippen LogP contribution in [0.25, 0.3) is 0 Å². The predicted molar refractivity (Wildman–Crippen MR) is 244 cm³/mol. The zero-order valence-corrected chi connectivity index (χ0v) is 40.6. The van der Waals surface area contributed by atoms with Crippen molar-refractivity contribution in [1.29, 1.82) is 0 Å². The standard InChI is InChI=1S/C50H92O14/c1-33(2)27-23-19-15-11-7-9-13-17-21-25-29-37-35(5)47(57)59-31-40-42(52)44(54)46(56)50(64-40)62-38(30-26-22-18-14-10-8-12-16-20-24-28-34(3)4)36(6)48(58)60-32-39-41(51)43(53)45(55)49(61-37)63-39/h33-46,49-56H,7-32H2,1-6H3/t35-,36-,37+,38+,39-,40-,41+,42+,43+,44+,45-,46-,49-,50+/m1/s1. The maximum Gasteiger partial charge on any atom is 0.311 e. The minimum atomic E-state index is -1.69. The van der Waals surface area contributed by atoms with Gasteiger partial charge in [-0.3, -0.25) is 9.59 Å². The lowest BCUT2D eigenvalue weighted by Crippen LogP contribution is -2.61. The molecule has 0 aromatic heterocycles. The molecular formula is C50H92O14. The van der Waals surface area contributed by atoms with E-state index in [2.05, 4.69) is 27.7 Å². The monoisotopic (exact) mass is 917 g/mol. The van der Waals surface area contributed by atoms with Gasteiger partial charge in [-0.05, 0) is 38.5 Å². The molecule has 3 aliphatic rings. The van der Waals surface area contributed by atoms with Crippen molar-refractivity contribution in [3.8, 4) is 0 Å². The number of rotatable bonds is 26. The largest absolute Gasteiger partial charge is 0.463 e. The van der Waals surface area contributed by atoms with E-state index in [0.717, 1.165) is 63.2 Å². The SMILES string of the molecule is CC(C)CCCCCCCCCCCC[C@@H]1O[C@@H]2O[C@H](COC(=O)[C@H](C)[C@H](CCCCCCCCCCCCC(C)C)O[C@H]3O[C@H](COC(=O)[C@@H]1C)[C@H](O)[C@H](O)[C@H]3O)[C@H](O)[C@H](O)[C@H]2O. The molecule has 14 nitrogen and oxygen atoms in total. The minimum Gasteiger partial charge on any atom is -0.463 e. The number of ether oxygens (including phenoxy) is 6. The first-order chi connectivity index (χ1) is 30.6. The first kappa shape index (κ1) is 56.9. The van der Waals surface area contributed by atoms with Crippen LogP contribution in [0.15, 0.2) is 0 Å². The second-order valence-electron chi connectivity index (χ2n) is 20.2. The van der Waals surface area contributed by atoms with Crippen LogP contribution in [0, 0.1) is 23.7 Å². The van der Waals surface area contributed by atoms with Crippen molar-refractivity contribution in [2.75, 3.05) is 13.2 Å². The molecule has 0 radical (unpaired) electrons. The number of hydrogen-bond donors (Lipinski definition) is 6. The zero-order chi connectivity index (χ0) is 47.0. The van der Waals surface area contributed by atoms with Crippen molar-refractivity contribution in [3.63, 3.8) is 0 Å². The Labute approximate surface area is 385 Å². The Balaban J connectivity index is 1.65. The van der Waals surface area contributed by atoms with Gasteiger partial charge in [0, 0.05) is 0 Å². The number of carbonyl (C=O) groups excluding carboxylic acids is 2. The van der Waals surface area contributed by atoms with Crippen LogP contribution in [0.3, 0.4) is 0 Å². The van der Waals surface area contributed by atoms with Gasteiger partial charge < -0.3 is 59.1 Å². The van der Waals surface area contributed by atoms with Crippen molar-refractivity contribution in [2.24, 2.45) is 23.7 Å². The van der Waals surface area contributed by atoms with Crippen molar-refractivity contribution in [3.05, 3.63) is 0 Å². The quantitative estimate of drug-likeness (QED) is 0.0369. The molecule has 0 aromatic carbocycles. The first-order valence-corrected chi connectivity index (χ1v) is 25.7. The van der Waals surface area contributed by atoms with Gasteiger partial charge in [0.15, 0.2) is 12.6 Å². The molecule has 0 aliphatic carbocycles. The smallest absolute Gasteiger partial charge is 0.311 e. The molecule has 0 amide bonds. The van der Waals surface area contributed by atoms with Crippen LogP contribution in [-0.2, 0) is 38.0 Å². The molecule has 3 aliphatic heterocycles. The maximum absolute atomic E-state index is 13.6. The molecule has 6 N–H and O–H groups in total. The van der Waals surface area contributed by atoms with Gasteiger partial charge in [0.2, 0.25) is 0 Å². The van der Waals surface area contributed by atoms with Gasteiger partial charge in [0.05, 0.1) is 24.0 Å². The number of hydrogen-bond acceptors (Lipinski definition) is 14. The molecule has 0 spiro atoms. The van der Waals surface area contributed by atoms with E-state index in [1.54, 1.807) is 13.8 Å². The Morgan fingerprint density at radius 1 is 0.406 bits per heavy atom. The van der Waals surface area contributed by atoms with Crippen molar-refractivity contribution in [2.45, 2.75) is 269 Å². The van der Waals surface area contributed by atoms with Crippen LogP contribution in [0.2, 0.25) is 0 Å². The first-order valence-electron chi connectivity index (χ1n) is 25.7. The summed E-state index contributed by atoms with van der Waals surface area (Å²) in [4.78, 5) is 27.3. The summed E-state index contributed by atoms with van der Waals surface area (Å²) in [5.41, 5.74) is 0. The molecule has 3 heterocycles. The van der Waals surface area contributed by atoms with Crippen LogP contribution in [0.1, 0.15) is 196 Å². The topological polar surface area (TPSA) is 211 Å². The molecule has 14 atom stereocenters. The molecule has 0 saturated carbocycles. The second-order valence-corrected chi connectivity index (χ2v) is 20.2. The molecular weight excluding hydrogens is 825 g/mol. The van der Waals surface area contributed by atoms with Crippen LogP contribution < -0.4 is 0 Å². The summed E-state index contributed by atoms with van der Waals surface area (Å²) in [5.74, 6) is -1.72. The Kier molecular flexibility index (Phi) is 28.0. The lowest BCUT2D eigenvalue weighted by molar-refractivity contribution is -0.320. The molecule has 4 bridgehead atoms. The number of fused-ring (bicyclic) bond motifs is 4. The van der Waals surface area contributed by atoms with Crippen molar-refractivity contribution < 1.29 is 68.6 Å². The van der Waals surface area contributed by atoms with E-state index in [9.17, 15) is 40.2 Å². The number of cyclic esters (lactones) is 2. The highest BCUT2D eigenvalue weighted by Crippen LogP contribution is 2.31. The highest BCUT2D eigenvalue weighted by Gasteiger charge is 2.49. The summed E-state index contributed by atoms with van der Waals surface area (Å²) < 4.78 is 35.7. The van der Waals surface area contributed by atoms with E-state index in [0.29, 0.717) is 25.7 Å². The third kappa shape index (κ3) is 20.4. The fraction of sp³-hybridized carbons (Fsp3) is 0.960. The van der Waals surface area contributed by atoms with E-state index in [1.807, 2.05) is 0 Å². The highest BCUT2D eigenvalue weighted by atomic mass is 16.7. The van der Waals surface area contributed by atoms with Gasteiger partial charge >= 0.3 is 11.9 Å². The van der Waals surface area contributed by atoms with E-state index in [-0.39, 0.29) is 0 Å². The molecule has 376 valence electrons. The van der Waals surface area contributed by atoms with Crippen molar-refractivity contribution >= 4 is 11.9 Å². The number of aliphatic hydroxyl groups excluding tert-OH is 6. The number of carbonyl (C=O) groups is 2. The average Bonchev–Trinajstić information content (AvgIpc) is 3.26. The molecule has 14 heteroatoms. The predicted octanol–water partition coefficient (Wildman–Crippen LogP) is 7.42. The van der Waals surface area contributed by atoms with Gasteiger partial charge in [-0.15, -0.1) is 0 Å². The summed E-state index contributed by atoms with van der Waals surface area (Å²) >= 11 is 0. The second kappa shape index (κ2) is 31.6. The third-order valence-electron chi connectivity index (χ3n) is 13.6. The normalized spacial score (nSPS) is 33.5. The summed E-state index contributed by atoms with van der Waals surface area (Å²) in [6, 6.07) is 0. The van der Waals surface area contributed by atoms with Gasteiger partial charge in [-0.2, -0.15) is 0 Å². The summed E-state index contributed by atoms with van der Waals surface area (Å²) in [6.45, 7) is 11.3. The molecule has 3 rings (SSSR count). The number of unbranched alkanes of at least 4 members (excludes halogenated alkanes) is 18. The van der Waals surface area contributed by atoms with Crippen molar-refractivity contribution in [1.82, 2.24) is 0 Å². The highest BCUT2D eigenvalue weighted by molar-refractivity contribution is 5.73. The lowest BCUT2D eigenvalue weighted by Gasteiger charge is -2.43. The van der Waals surface area contributed by atoms with Gasteiger partial charge in [-0.1, -0.05) is 169 Å². The van der Waals surface area contributed by atoms with Crippen LogP contribution in [0.4, 0.5) is 0 Å². The van der Waals surface area contributed by atoms with Crippen LogP contribution in [-0.4, -0.2) is 129 Å². The number of aliphatic hydroxyl groups is 6. The lowest BCUT2D eigenvalue weighted by atomic mass is 9.95. The average molecular weight is 917 g/mol. The molecule has 0 unspecified atom stereocenters. The summed E-state index contributed by atoms with van der Waals surface area (Å²) in [5, 5.41) is 65.6. The number of esters is 2. The Morgan fingerprint density at radius 3 is 0.984 bits per heavy atom. The minimum absolute atomic E-state index is 0.387. The Bertz CT molecular complexity index is 1140. The maximum atomic E-state index is 13.6. The third-order valence-corrected chi connectivity index (χ3v) is 13.6. The van der Waals surface area contributed by atoms with E-state index < -0.39 is 111 Å². The zero-order valence-electron chi connectivity index (χ0n) is 40.6. The fourth-order valence-corrected chi connectivity index (χ4v) is 9.07. The van der Waals surface area contributed by atoms with Gasteiger partial charge in [0.1, 0.15) is 62.0 Å². The fourth-order valence-electron chi connectivity index (χ4n) is 9.07. The van der Waals surface area contributed by atoms with Crippen LogP contribution in [0.5, 0.6) is 0 Å². The van der Waals surface area contributed by atoms with Gasteiger partial charge in [0.25, 0.3) is 0 Å². The Morgan fingerprint density at radius 2 is 0.688 bits per heavy atom. The van der Waals surface area contributed by atoms with E-state index in [4.69, 9.17) is 28.4 Å². The van der Waals surface area contributed by atoms with Gasteiger partial charge in [-0.25, -0.2) is 0 Å². The van der Waals surface area contributed by atoms with E-state index in [1.165, 1.54) is 77.0 Å². The Hall–Kier alpha value is -1.46. The summed E-state index contributed by atoms with van der Waals surface area (Å²) in [6.07, 6.45) is 8.48.